The summed E-state index contributed by atoms with van der Waals surface area (Å²) in [5.41, 5.74) is 1.06. The van der Waals surface area contributed by atoms with Crippen LogP contribution in [0.25, 0.3) is 0 Å². The van der Waals surface area contributed by atoms with E-state index in [2.05, 4.69) is 17.2 Å². The molecule has 2 rings (SSSR count). The van der Waals surface area contributed by atoms with Crippen LogP contribution >= 0.6 is 11.3 Å². The lowest BCUT2D eigenvalue weighted by Crippen LogP contribution is -2.46. The molecule has 6 nitrogen and oxygen atoms in total. The third-order valence-electron chi connectivity index (χ3n) is 4.06. The largest absolute Gasteiger partial charge is 0.375 e. The van der Waals surface area contributed by atoms with E-state index < -0.39 is 0 Å². The Bertz CT molecular complexity index is 559. The van der Waals surface area contributed by atoms with Gasteiger partial charge in [-0.2, -0.15) is 0 Å². The minimum Gasteiger partial charge on any atom is -0.375 e. The number of hydrogen-bond donors (Lipinski definition) is 1. The van der Waals surface area contributed by atoms with Gasteiger partial charge in [0, 0.05) is 25.1 Å². The fourth-order valence-electron chi connectivity index (χ4n) is 2.87. The molecular weight excluding hydrogens is 314 g/mol. The van der Waals surface area contributed by atoms with E-state index >= 15 is 0 Å². The Balaban J connectivity index is 1.88. The summed E-state index contributed by atoms with van der Waals surface area (Å²) >= 11 is 1.63. The molecule has 0 spiro atoms. The molecule has 1 N–H and O–H groups in total. The number of rotatable bonds is 6. The van der Waals surface area contributed by atoms with Crippen LogP contribution in [0.2, 0.25) is 0 Å². The van der Waals surface area contributed by atoms with Gasteiger partial charge in [0.05, 0.1) is 23.2 Å². The fraction of sp³-hybridized carbons (Fsp3) is 0.688. The number of nitrogens with one attached hydrogen (secondary N) is 1. The van der Waals surface area contributed by atoms with Gasteiger partial charge in [-0.1, -0.05) is 6.92 Å². The van der Waals surface area contributed by atoms with Crippen LogP contribution in [0.15, 0.2) is 0 Å². The maximum absolute atomic E-state index is 12.4. The molecule has 7 heteroatoms. The van der Waals surface area contributed by atoms with Gasteiger partial charge in [-0.05, 0) is 26.2 Å². The van der Waals surface area contributed by atoms with Crippen LogP contribution in [-0.4, -0.2) is 48.5 Å². The monoisotopic (exact) mass is 339 g/mol. The Morgan fingerprint density at radius 1 is 1.48 bits per heavy atom. The molecule has 1 aromatic heterocycles. The van der Waals surface area contributed by atoms with E-state index in [9.17, 15) is 9.59 Å². The van der Waals surface area contributed by atoms with E-state index in [-0.39, 0.29) is 24.3 Å². The van der Waals surface area contributed by atoms with Crippen molar-refractivity contribution in [2.45, 2.75) is 39.7 Å². The number of hydrogen-bond acceptors (Lipinski definition) is 5. The van der Waals surface area contributed by atoms with Gasteiger partial charge in [0.25, 0.3) is 0 Å². The highest BCUT2D eigenvalue weighted by molar-refractivity contribution is 7.11. The molecule has 1 aliphatic heterocycles. The maximum atomic E-state index is 12.4. The Hall–Kier alpha value is -1.47. The van der Waals surface area contributed by atoms with Gasteiger partial charge in [-0.3, -0.25) is 9.59 Å². The number of ether oxygens (including phenoxy) is 1. The molecular formula is C16H25N3O3S. The van der Waals surface area contributed by atoms with Crippen LogP contribution in [0.1, 0.15) is 35.3 Å². The van der Waals surface area contributed by atoms with Crippen molar-refractivity contribution in [3.8, 4) is 0 Å². The molecule has 0 unspecified atom stereocenters. The summed E-state index contributed by atoms with van der Waals surface area (Å²) in [5.74, 6) is -0.159. The number of aryl methyl sites for hydroxylation is 2. The molecule has 2 amide bonds. The highest BCUT2D eigenvalue weighted by Gasteiger charge is 2.28. The number of piperidine rings is 1. The first kappa shape index (κ1) is 17.9. The quantitative estimate of drug-likeness (QED) is 0.853. The molecule has 1 fully saturated rings. The standard InChI is InChI=1S/C16H25N3O3S/c1-4-13-14(23-11(2)18-13)8-17-16(21)12-6-5-7-19(9-12)15(20)10-22-3/h12H,4-10H2,1-3H3,(H,17,21)/t12-/m0/s1. The van der Waals surface area contributed by atoms with Gasteiger partial charge in [0.1, 0.15) is 6.61 Å². The zero-order chi connectivity index (χ0) is 16.8. The first-order chi connectivity index (χ1) is 11.0. The van der Waals surface area contributed by atoms with E-state index in [0.717, 1.165) is 34.8 Å². The normalized spacial score (nSPS) is 18.0. The number of thiazole rings is 1. The maximum Gasteiger partial charge on any atom is 0.248 e. The van der Waals surface area contributed by atoms with Gasteiger partial charge in [-0.25, -0.2) is 4.98 Å². The fourth-order valence-corrected chi connectivity index (χ4v) is 3.84. The second-order valence-electron chi connectivity index (χ2n) is 5.79. The Morgan fingerprint density at radius 2 is 2.26 bits per heavy atom. The van der Waals surface area contributed by atoms with Gasteiger partial charge in [0.2, 0.25) is 11.8 Å². The minimum absolute atomic E-state index is 0.0213. The molecule has 0 radical (unpaired) electrons. The van der Waals surface area contributed by atoms with Crippen molar-refractivity contribution in [3.63, 3.8) is 0 Å². The van der Waals surface area contributed by atoms with E-state index in [1.54, 1.807) is 16.2 Å². The number of carbonyl (C=O) groups is 2. The molecule has 0 aliphatic carbocycles. The predicted molar refractivity (Wildman–Crippen MR) is 89.3 cm³/mol. The summed E-state index contributed by atoms with van der Waals surface area (Å²) in [6.07, 6.45) is 2.55. The lowest BCUT2D eigenvalue weighted by molar-refractivity contribution is -0.139. The molecule has 1 aromatic rings. The Morgan fingerprint density at radius 3 is 2.96 bits per heavy atom. The number of carbonyl (C=O) groups excluding carboxylic acids is 2. The molecule has 0 bridgehead atoms. The zero-order valence-electron chi connectivity index (χ0n) is 14.1. The lowest BCUT2D eigenvalue weighted by atomic mass is 9.97. The van der Waals surface area contributed by atoms with Gasteiger partial charge in [-0.15, -0.1) is 11.3 Å². The third kappa shape index (κ3) is 4.75. The molecule has 1 saturated heterocycles. The second-order valence-corrected chi connectivity index (χ2v) is 7.07. The summed E-state index contributed by atoms with van der Waals surface area (Å²) in [4.78, 5) is 31.6. The SMILES string of the molecule is CCc1nc(C)sc1CNC(=O)[C@H]1CCCN(C(=O)COC)C1. The minimum atomic E-state index is -0.136. The summed E-state index contributed by atoms with van der Waals surface area (Å²) in [5, 5.41) is 4.04. The van der Waals surface area contributed by atoms with Gasteiger partial charge >= 0.3 is 0 Å². The van der Waals surface area contributed by atoms with E-state index in [4.69, 9.17) is 4.74 Å². The molecule has 2 heterocycles. The third-order valence-corrected chi connectivity index (χ3v) is 5.07. The number of likely N-dealkylation sites (tertiary alicyclic amines) is 1. The summed E-state index contributed by atoms with van der Waals surface area (Å²) in [7, 11) is 1.51. The van der Waals surface area contributed by atoms with Crippen molar-refractivity contribution in [1.82, 2.24) is 15.2 Å². The number of nitrogens with zero attached hydrogens (tertiary/aromatic N) is 2. The number of aromatic nitrogens is 1. The number of methoxy groups -OCH3 is 1. The predicted octanol–water partition coefficient (Wildman–Crippen LogP) is 1.52. The first-order valence-electron chi connectivity index (χ1n) is 8.04. The van der Waals surface area contributed by atoms with Crippen LogP contribution in [-0.2, 0) is 27.3 Å². The van der Waals surface area contributed by atoms with E-state index in [1.807, 2.05) is 6.92 Å². The van der Waals surface area contributed by atoms with Crippen LogP contribution in [0, 0.1) is 12.8 Å². The molecule has 1 aliphatic rings. The van der Waals surface area contributed by atoms with Gasteiger partial charge in [0.15, 0.2) is 0 Å². The molecule has 128 valence electrons. The summed E-state index contributed by atoms with van der Waals surface area (Å²) in [6, 6.07) is 0. The van der Waals surface area contributed by atoms with Crippen LogP contribution < -0.4 is 5.32 Å². The molecule has 0 aromatic carbocycles. The van der Waals surface area contributed by atoms with Crippen molar-refractivity contribution < 1.29 is 14.3 Å². The average Bonchev–Trinajstić information content (AvgIpc) is 2.93. The van der Waals surface area contributed by atoms with E-state index in [1.165, 1.54) is 7.11 Å². The van der Waals surface area contributed by atoms with Crippen molar-refractivity contribution in [1.29, 1.82) is 0 Å². The Labute approximate surface area is 141 Å². The van der Waals surface area contributed by atoms with Crippen LogP contribution in [0.4, 0.5) is 0 Å². The average molecular weight is 339 g/mol. The molecule has 1 atom stereocenters. The van der Waals surface area contributed by atoms with Crippen LogP contribution in [0.5, 0.6) is 0 Å². The summed E-state index contributed by atoms with van der Waals surface area (Å²) in [6.45, 7) is 5.84. The van der Waals surface area contributed by atoms with Gasteiger partial charge < -0.3 is 15.0 Å². The Kier molecular flexibility index (Phi) is 6.53. The molecule has 23 heavy (non-hydrogen) atoms. The van der Waals surface area contributed by atoms with Crippen molar-refractivity contribution >= 4 is 23.2 Å². The van der Waals surface area contributed by atoms with Crippen LogP contribution in [0.3, 0.4) is 0 Å². The lowest BCUT2D eigenvalue weighted by Gasteiger charge is -2.31. The highest BCUT2D eigenvalue weighted by Crippen LogP contribution is 2.20. The topological polar surface area (TPSA) is 71.5 Å². The second kappa shape index (κ2) is 8.40. The molecule has 0 saturated carbocycles. The smallest absolute Gasteiger partial charge is 0.248 e. The van der Waals surface area contributed by atoms with Crippen molar-refractivity contribution in [2.75, 3.05) is 26.8 Å². The van der Waals surface area contributed by atoms with Crippen molar-refractivity contribution in [2.24, 2.45) is 5.92 Å². The van der Waals surface area contributed by atoms with Crippen molar-refractivity contribution in [3.05, 3.63) is 15.6 Å². The van der Waals surface area contributed by atoms with E-state index in [0.29, 0.717) is 19.6 Å². The first-order valence-corrected chi connectivity index (χ1v) is 8.86. The number of amides is 2. The summed E-state index contributed by atoms with van der Waals surface area (Å²) < 4.78 is 4.89. The zero-order valence-corrected chi connectivity index (χ0v) is 14.9. The highest BCUT2D eigenvalue weighted by atomic mass is 32.1.